The van der Waals surface area contributed by atoms with Crippen LogP contribution >= 0.6 is 11.8 Å². The van der Waals surface area contributed by atoms with Crippen LogP contribution in [0.4, 0.5) is 0 Å². The van der Waals surface area contributed by atoms with E-state index >= 15 is 0 Å². The van der Waals surface area contributed by atoms with Gasteiger partial charge in [-0.1, -0.05) is 42.1 Å². The Kier molecular flexibility index (Phi) is 6.24. The van der Waals surface area contributed by atoms with Crippen LogP contribution in [0.3, 0.4) is 0 Å². The van der Waals surface area contributed by atoms with Crippen LogP contribution in [0.5, 0.6) is 5.75 Å². The summed E-state index contributed by atoms with van der Waals surface area (Å²) in [5.41, 5.74) is 2.81. The molecule has 0 aliphatic carbocycles. The summed E-state index contributed by atoms with van der Waals surface area (Å²) in [6, 6.07) is 22.5. The maximum Gasteiger partial charge on any atom is 0.173 e. The van der Waals surface area contributed by atoms with Crippen LogP contribution in [0.1, 0.15) is 22.8 Å². The van der Waals surface area contributed by atoms with Crippen LogP contribution in [0.25, 0.3) is 11.3 Å². The van der Waals surface area contributed by atoms with Gasteiger partial charge in [0.1, 0.15) is 16.8 Å². The van der Waals surface area contributed by atoms with Gasteiger partial charge >= 0.3 is 0 Å². The van der Waals surface area contributed by atoms with E-state index in [1.54, 1.807) is 18.2 Å². The second-order valence-corrected chi connectivity index (χ2v) is 6.66. The SMILES string of the molecule is CCOc1ccc(-c2ccc(C#N)c(SCC(=O)c3ccccc3)n2)cc1. The van der Waals surface area contributed by atoms with Gasteiger partial charge in [-0.25, -0.2) is 4.98 Å². The van der Waals surface area contributed by atoms with E-state index in [2.05, 4.69) is 11.1 Å². The molecule has 0 atom stereocenters. The third-order valence-electron chi connectivity index (χ3n) is 3.88. The quantitative estimate of drug-likeness (QED) is 0.430. The van der Waals surface area contributed by atoms with E-state index in [0.29, 0.717) is 22.8 Å². The molecule has 2 aromatic carbocycles. The van der Waals surface area contributed by atoms with Crippen LogP contribution in [0.15, 0.2) is 71.8 Å². The summed E-state index contributed by atoms with van der Waals surface area (Å²) < 4.78 is 5.46. The van der Waals surface area contributed by atoms with Crippen molar-refractivity contribution in [2.75, 3.05) is 12.4 Å². The Labute approximate surface area is 162 Å². The molecule has 0 spiro atoms. The topological polar surface area (TPSA) is 63.0 Å². The van der Waals surface area contributed by atoms with Crippen molar-refractivity contribution in [1.29, 1.82) is 5.26 Å². The Bertz CT molecular complexity index is 964. The number of nitrogens with zero attached hydrogens (tertiary/aromatic N) is 2. The maximum absolute atomic E-state index is 12.3. The van der Waals surface area contributed by atoms with E-state index in [1.807, 2.05) is 55.5 Å². The summed E-state index contributed by atoms with van der Waals surface area (Å²) in [4.78, 5) is 16.9. The molecule has 5 heteroatoms. The van der Waals surface area contributed by atoms with Crippen molar-refractivity contribution in [3.8, 4) is 23.1 Å². The smallest absolute Gasteiger partial charge is 0.173 e. The lowest BCUT2D eigenvalue weighted by molar-refractivity contribution is 0.102. The number of thioether (sulfide) groups is 1. The molecule has 3 rings (SSSR count). The molecule has 0 saturated heterocycles. The molecule has 0 fully saturated rings. The van der Waals surface area contributed by atoms with E-state index in [0.717, 1.165) is 17.0 Å². The first-order chi connectivity index (χ1) is 13.2. The lowest BCUT2D eigenvalue weighted by Crippen LogP contribution is -2.03. The summed E-state index contributed by atoms with van der Waals surface area (Å²) in [5, 5.41) is 9.92. The molecule has 0 amide bonds. The molecule has 0 radical (unpaired) electrons. The van der Waals surface area contributed by atoms with E-state index in [-0.39, 0.29) is 11.5 Å². The first kappa shape index (κ1) is 18.7. The molecule has 4 nitrogen and oxygen atoms in total. The molecule has 1 aromatic heterocycles. The largest absolute Gasteiger partial charge is 0.494 e. The zero-order valence-electron chi connectivity index (χ0n) is 14.9. The van der Waals surface area contributed by atoms with Crippen LogP contribution in [0.2, 0.25) is 0 Å². The molecule has 3 aromatic rings. The van der Waals surface area contributed by atoms with E-state index in [4.69, 9.17) is 4.74 Å². The Morgan fingerprint density at radius 3 is 2.48 bits per heavy atom. The lowest BCUT2D eigenvalue weighted by Gasteiger charge is -2.08. The minimum atomic E-state index is 0.0118. The van der Waals surface area contributed by atoms with Gasteiger partial charge in [-0.05, 0) is 43.3 Å². The molecule has 0 aliphatic rings. The molecular weight excluding hydrogens is 356 g/mol. The fourth-order valence-electron chi connectivity index (χ4n) is 2.53. The van der Waals surface area contributed by atoms with Gasteiger partial charge in [-0.3, -0.25) is 4.79 Å². The molecule has 0 saturated carbocycles. The normalized spacial score (nSPS) is 10.2. The minimum Gasteiger partial charge on any atom is -0.494 e. The number of hydrogen-bond acceptors (Lipinski definition) is 5. The summed E-state index contributed by atoms with van der Waals surface area (Å²) in [5.74, 6) is 1.05. The second-order valence-electron chi connectivity index (χ2n) is 5.70. The maximum atomic E-state index is 12.3. The van der Waals surface area contributed by atoms with Gasteiger partial charge in [-0.15, -0.1) is 0 Å². The van der Waals surface area contributed by atoms with Gasteiger partial charge in [-0.2, -0.15) is 5.26 Å². The Balaban J connectivity index is 1.79. The van der Waals surface area contributed by atoms with Crippen LogP contribution in [-0.2, 0) is 0 Å². The number of ketones is 1. The monoisotopic (exact) mass is 374 g/mol. The number of Topliss-reactive ketones (excluding diaryl/α,β-unsaturated/α-hetero) is 1. The highest BCUT2D eigenvalue weighted by atomic mass is 32.2. The van der Waals surface area contributed by atoms with Gasteiger partial charge in [0, 0.05) is 11.1 Å². The number of carbonyl (C=O) groups excluding carboxylic acids is 1. The Hall–Kier alpha value is -3.10. The van der Waals surface area contributed by atoms with Crippen molar-refractivity contribution >= 4 is 17.5 Å². The van der Waals surface area contributed by atoms with Crippen molar-refractivity contribution in [2.45, 2.75) is 11.9 Å². The zero-order chi connectivity index (χ0) is 19.1. The highest BCUT2D eigenvalue weighted by Crippen LogP contribution is 2.27. The summed E-state index contributed by atoms with van der Waals surface area (Å²) in [6.45, 7) is 2.56. The van der Waals surface area contributed by atoms with E-state index in [9.17, 15) is 10.1 Å². The molecular formula is C22H18N2O2S. The molecule has 0 aliphatic heterocycles. The van der Waals surface area contributed by atoms with Gasteiger partial charge in [0.25, 0.3) is 0 Å². The van der Waals surface area contributed by atoms with E-state index in [1.165, 1.54) is 11.8 Å². The van der Waals surface area contributed by atoms with Gasteiger partial charge < -0.3 is 4.74 Å². The molecule has 134 valence electrons. The van der Waals surface area contributed by atoms with Crippen LogP contribution < -0.4 is 4.74 Å². The summed E-state index contributed by atoms with van der Waals surface area (Å²) >= 11 is 1.29. The number of benzene rings is 2. The van der Waals surface area contributed by atoms with Crippen LogP contribution in [-0.4, -0.2) is 23.1 Å². The fourth-order valence-corrected chi connectivity index (χ4v) is 3.39. The first-order valence-corrected chi connectivity index (χ1v) is 9.55. The number of ether oxygens (including phenoxy) is 1. The van der Waals surface area contributed by atoms with Crippen molar-refractivity contribution in [2.24, 2.45) is 0 Å². The fraction of sp³-hybridized carbons (Fsp3) is 0.136. The van der Waals surface area contributed by atoms with Crippen molar-refractivity contribution in [3.63, 3.8) is 0 Å². The number of rotatable bonds is 7. The highest BCUT2D eigenvalue weighted by Gasteiger charge is 2.12. The molecule has 27 heavy (non-hydrogen) atoms. The first-order valence-electron chi connectivity index (χ1n) is 8.56. The van der Waals surface area contributed by atoms with Gasteiger partial charge in [0.2, 0.25) is 0 Å². The van der Waals surface area contributed by atoms with Gasteiger partial charge in [0.05, 0.1) is 23.6 Å². The Morgan fingerprint density at radius 2 is 1.81 bits per heavy atom. The molecule has 0 unspecified atom stereocenters. The lowest BCUT2D eigenvalue weighted by atomic mass is 10.1. The predicted octanol–water partition coefficient (Wildman–Crippen LogP) is 4.99. The average molecular weight is 374 g/mol. The molecule has 0 N–H and O–H groups in total. The minimum absolute atomic E-state index is 0.0118. The third-order valence-corrected chi connectivity index (χ3v) is 4.87. The molecule has 1 heterocycles. The van der Waals surface area contributed by atoms with Crippen molar-refractivity contribution in [1.82, 2.24) is 4.98 Å². The average Bonchev–Trinajstić information content (AvgIpc) is 2.73. The third kappa shape index (κ3) is 4.75. The number of pyridine rings is 1. The predicted molar refractivity (Wildman–Crippen MR) is 107 cm³/mol. The Morgan fingerprint density at radius 1 is 1.07 bits per heavy atom. The number of hydrogen-bond donors (Lipinski definition) is 0. The van der Waals surface area contributed by atoms with Crippen molar-refractivity contribution < 1.29 is 9.53 Å². The second kappa shape index (κ2) is 9.02. The molecule has 0 bridgehead atoms. The highest BCUT2D eigenvalue weighted by molar-refractivity contribution is 8.00. The standard InChI is InChI=1S/C22H18N2O2S/c1-2-26-19-11-8-16(9-12-19)20-13-10-18(14-23)22(24-20)27-15-21(25)17-6-4-3-5-7-17/h3-13H,2,15H2,1H3. The zero-order valence-corrected chi connectivity index (χ0v) is 15.7. The number of carbonyl (C=O) groups is 1. The van der Waals surface area contributed by atoms with E-state index < -0.39 is 0 Å². The number of nitriles is 1. The van der Waals surface area contributed by atoms with Crippen molar-refractivity contribution in [3.05, 3.63) is 77.9 Å². The summed E-state index contributed by atoms with van der Waals surface area (Å²) in [6.07, 6.45) is 0. The van der Waals surface area contributed by atoms with Gasteiger partial charge in [0.15, 0.2) is 5.78 Å². The number of aromatic nitrogens is 1. The summed E-state index contributed by atoms with van der Waals surface area (Å²) in [7, 11) is 0. The van der Waals surface area contributed by atoms with Crippen LogP contribution in [0, 0.1) is 11.3 Å².